The van der Waals surface area contributed by atoms with Crippen molar-refractivity contribution in [1.82, 2.24) is 5.32 Å². The lowest BCUT2D eigenvalue weighted by Crippen LogP contribution is -2.34. The number of carbonyl (C=O) groups excluding carboxylic acids is 1. The van der Waals surface area contributed by atoms with E-state index in [1.807, 2.05) is 0 Å². The van der Waals surface area contributed by atoms with Gasteiger partial charge in [-0.25, -0.2) is 0 Å². The van der Waals surface area contributed by atoms with Crippen LogP contribution in [0.2, 0.25) is 5.02 Å². The number of halogens is 1. The normalized spacial score (nSPS) is 16.6. The van der Waals surface area contributed by atoms with Crippen molar-refractivity contribution in [3.63, 3.8) is 0 Å². The first-order valence-corrected chi connectivity index (χ1v) is 5.88. The van der Waals surface area contributed by atoms with Gasteiger partial charge in [-0.05, 0) is 30.5 Å². The number of hydrogen-bond acceptors (Lipinski definition) is 3. The summed E-state index contributed by atoms with van der Waals surface area (Å²) in [6, 6.07) is 5.17. The first kappa shape index (κ1) is 12.2. The SMILES string of the molecule is COc1ccc(C(NC2CC2)C(N)=O)cc1Cl. The van der Waals surface area contributed by atoms with Gasteiger partial charge in [0.2, 0.25) is 5.91 Å². The number of ether oxygens (including phenoxy) is 1. The van der Waals surface area contributed by atoms with Crippen molar-refractivity contribution in [3.05, 3.63) is 28.8 Å². The first-order valence-electron chi connectivity index (χ1n) is 5.50. The Hall–Kier alpha value is -1.26. The Morgan fingerprint density at radius 1 is 1.59 bits per heavy atom. The molecule has 17 heavy (non-hydrogen) atoms. The Bertz CT molecular complexity index is 433. The van der Waals surface area contributed by atoms with Crippen LogP contribution in [-0.4, -0.2) is 19.1 Å². The first-order chi connectivity index (χ1) is 8.11. The number of hydrogen-bond donors (Lipinski definition) is 2. The molecular weight excluding hydrogens is 240 g/mol. The lowest BCUT2D eigenvalue weighted by molar-refractivity contribution is -0.120. The highest BCUT2D eigenvalue weighted by Gasteiger charge is 2.28. The fourth-order valence-electron chi connectivity index (χ4n) is 1.69. The van der Waals surface area contributed by atoms with Gasteiger partial charge in [-0.3, -0.25) is 10.1 Å². The molecule has 4 nitrogen and oxygen atoms in total. The van der Waals surface area contributed by atoms with Gasteiger partial charge in [-0.2, -0.15) is 0 Å². The minimum absolute atomic E-state index is 0.391. The number of nitrogens with two attached hydrogens (primary N) is 1. The molecule has 1 aliphatic carbocycles. The Labute approximate surface area is 105 Å². The average molecular weight is 255 g/mol. The van der Waals surface area contributed by atoms with Crippen LogP contribution in [0, 0.1) is 0 Å². The summed E-state index contributed by atoms with van der Waals surface area (Å²) in [5.74, 6) is 0.197. The summed E-state index contributed by atoms with van der Waals surface area (Å²) >= 11 is 6.03. The molecule has 3 N–H and O–H groups in total. The van der Waals surface area contributed by atoms with Crippen LogP contribution in [0.4, 0.5) is 0 Å². The van der Waals surface area contributed by atoms with Crippen LogP contribution in [0.3, 0.4) is 0 Å². The quantitative estimate of drug-likeness (QED) is 0.839. The van der Waals surface area contributed by atoms with Crippen LogP contribution >= 0.6 is 11.6 Å². The lowest BCUT2D eigenvalue weighted by Gasteiger charge is -2.16. The van der Waals surface area contributed by atoms with Gasteiger partial charge in [-0.1, -0.05) is 17.7 Å². The Balaban J connectivity index is 2.22. The molecule has 0 radical (unpaired) electrons. The van der Waals surface area contributed by atoms with E-state index < -0.39 is 11.9 Å². The molecule has 0 saturated heterocycles. The van der Waals surface area contributed by atoms with Gasteiger partial charge in [0.1, 0.15) is 11.8 Å². The highest BCUT2D eigenvalue weighted by Crippen LogP contribution is 2.29. The maximum atomic E-state index is 11.4. The number of amides is 1. The Morgan fingerprint density at radius 2 is 2.29 bits per heavy atom. The van der Waals surface area contributed by atoms with Gasteiger partial charge in [0.05, 0.1) is 12.1 Å². The van der Waals surface area contributed by atoms with E-state index in [0.29, 0.717) is 16.8 Å². The molecular formula is C12H15ClN2O2. The van der Waals surface area contributed by atoms with Gasteiger partial charge < -0.3 is 10.5 Å². The third kappa shape index (κ3) is 2.90. The van der Waals surface area contributed by atoms with Crippen molar-refractivity contribution in [2.45, 2.75) is 24.9 Å². The molecule has 0 bridgehead atoms. The molecule has 5 heteroatoms. The summed E-state index contributed by atoms with van der Waals surface area (Å²) < 4.78 is 5.07. The second-order valence-corrected chi connectivity index (χ2v) is 4.58. The summed E-state index contributed by atoms with van der Waals surface area (Å²) in [7, 11) is 1.55. The minimum atomic E-state index is -0.481. The maximum Gasteiger partial charge on any atom is 0.239 e. The van der Waals surface area contributed by atoms with E-state index in [0.717, 1.165) is 18.4 Å². The zero-order chi connectivity index (χ0) is 12.4. The van der Waals surface area contributed by atoms with Crippen LogP contribution in [0.5, 0.6) is 5.75 Å². The third-order valence-corrected chi connectivity index (χ3v) is 3.07. The number of nitrogens with one attached hydrogen (secondary N) is 1. The minimum Gasteiger partial charge on any atom is -0.495 e. The van der Waals surface area contributed by atoms with Crippen LogP contribution in [0.15, 0.2) is 18.2 Å². The monoisotopic (exact) mass is 254 g/mol. The van der Waals surface area contributed by atoms with E-state index in [2.05, 4.69) is 5.32 Å². The van der Waals surface area contributed by atoms with E-state index in [1.165, 1.54) is 0 Å². The highest BCUT2D eigenvalue weighted by atomic mass is 35.5. The van der Waals surface area contributed by atoms with Crippen molar-refractivity contribution in [2.24, 2.45) is 5.73 Å². The summed E-state index contributed by atoms with van der Waals surface area (Å²) in [5, 5.41) is 3.68. The van der Waals surface area contributed by atoms with Crippen molar-refractivity contribution in [1.29, 1.82) is 0 Å². The van der Waals surface area contributed by atoms with Crippen molar-refractivity contribution >= 4 is 17.5 Å². The molecule has 1 amide bonds. The maximum absolute atomic E-state index is 11.4. The topological polar surface area (TPSA) is 64.3 Å². The van der Waals surface area contributed by atoms with E-state index in [-0.39, 0.29) is 0 Å². The number of benzene rings is 1. The molecule has 2 rings (SSSR count). The van der Waals surface area contributed by atoms with Crippen molar-refractivity contribution < 1.29 is 9.53 Å². The van der Waals surface area contributed by atoms with Gasteiger partial charge in [0, 0.05) is 6.04 Å². The van der Waals surface area contributed by atoms with Crippen LogP contribution in [-0.2, 0) is 4.79 Å². The third-order valence-electron chi connectivity index (χ3n) is 2.77. The Kier molecular flexibility index (Phi) is 3.54. The molecule has 1 unspecified atom stereocenters. The van der Waals surface area contributed by atoms with Crippen LogP contribution < -0.4 is 15.8 Å². The molecule has 0 spiro atoms. The smallest absolute Gasteiger partial charge is 0.239 e. The second kappa shape index (κ2) is 4.94. The van der Waals surface area contributed by atoms with E-state index in [4.69, 9.17) is 22.1 Å². The van der Waals surface area contributed by atoms with Gasteiger partial charge in [0.25, 0.3) is 0 Å². The summed E-state index contributed by atoms with van der Waals surface area (Å²) in [6.07, 6.45) is 2.18. The average Bonchev–Trinajstić information content (AvgIpc) is 3.09. The zero-order valence-corrected chi connectivity index (χ0v) is 10.3. The predicted octanol–water partition coefficient (Wildman–Crippen LogP) is 1.63. The number of rotatable bonds is 5. The van der Waals surface area contributed by atoms with Gasteiger partial charge in [0.15, 0.2) is 0 Å². The fourth-order valence-corrected chi connectivity index (χ4v) is 1.96. The van der Waals surface area contributed by atoms with Crippen molar-refractivity contribution in [2.75, 3.05) is 7.11 Å². The van der Waals surface area contributed by atoms with Gasteiger partial charge in [-0.15, -0.1) is 0 Å². The fraction of sp³-hybridized carbons (Fsp3) is 0.417. The molecule has 0 aromatic heterocycles. The molecule has 1 aliphatic rings. The molecule has 1 saturated carbocycles. The largest absolute Gasteiger partial charge is 0.495 e. The predicted molar refractivity (Wildman–Crippen MR) is 66.1 cm³/mol. The zero-order valence-electron chi connectivity index (χ0n) is 9.57. The second-order valence-electron chi connectivity index (χ2n) is 4.17. The molecule has 1 aromatic rings. The van der Waals surface area contributed by atoms with E-state index in [1.54, 1.807) is 25.3 Å². The highest BCUT2D eigenvalue weighted by molar-refractivity contribution is 6.32. The van der Waals surface area contributed by atoms with Crippen molar-refractivity contribution in [3.8, 4) is 5.75 Å². The molecule has 1 atom stereocenters. The summed E-state index contributed by atoms with van der Waals surface area (Å²) in [6.45, 7) is 0. The summed E-state index contributed by atoms with van der Waals surface area (Å²) in [4.78, 5) is 11.4. The molecule has 0 aliphatic heterocycles. The van der Waals surface area contributed by atoms with E-state index in [9.17, 15) is 4.79 Å². The standard InChI is InChI=1S/C12H15ClN2O2/c1-17-10-5-2-7(6-9(10)13)11(12(14)16)15-8-3-4-8/h2,5-6,8,11,15H,3-4H2,1H3,(H2,14,16). The Morgan fingerprint density at radius 3 is 2.76 bits per heavy atom. The number of carbonyl (C=O) groups is 1. The number of methoxy groups -OCH3 is 1. The molecule has 0 heterocycles. The molecule has 1 fully saturated rings. The summed E-state index contributed by atoms with van der Waals surface area (Å²) in [5.41, 5.74) is 6.16. The number of primary amides is 1. The van der Waals surface area contributed by atoms with Crippen LogP contribution in [0.1, 0.15) is 24.4 Å². The van der Waals surface area contributed by atoms with E-state index >= 15 is 0 Å². The van der Waals surface area contributed by atoms with Gasteiger partial charge >= 0.3 is 0 Å². The molecule has 1 aromatic carbocycles. The van der Waals surface area contributed by atoms with Crippen LogP contribution in [0.25, 0.3) is 0 Å². The lowest BCUT2D eigenvalue weighted by atomic mass is 10.1. The molecule has 92 valence electrons.